The van der Waals surface area contributed by atoms with Crippen LogP contribution in [0.3, 0.4) is 0 Å². The molecular weight excluding hydrogens is 278 g/mol. The Morgan fingerprint density at radius 1 is 1.32 bits per heavy atom. The summed E-state index contributed by atoms with van der Waals surface area (Å²) in [6.45, 7) is 9.50. The van der Waals surface area contributed by atoms with E-state index in [1.165, 1.54) is 11.3 Å². The highest BCUT2D eigenvalue weighted by atomic mass is 35.5. The number of hydrogen-bond acceptors (Lipinski definition) is 2. The average molecular weight is 300 g/mol. The number of rotatable bonds is 6. The van der Waals surface area contributed by atoms with E-state index in [2.05, 4.69) is 33.0 Å². The molecule has 0 saturated heterocycles. The maximum absolute atomic E-state index is 11.7. The van der Waals surface area contributed by atoms with Gasteiger partial charge in [-0.05, 0) is 36.0 Å². The third kappa shape index (κ3) is 5.79. The molecule has 1 rings (SSSR count). The fraction of sp³-hybridized carbons (Fsp3) is 0.533. The third-order valence-corrected chi connectivity index (χ3v) is 4.41. The zero-order valence-corrected chi connectivity index (χ0v) is 13.5. The molecule has 0 radical (unpaired) electrons. The van der Waals surface area contributed by atoms with Gasteiger partial charge in [-0.25, -0.2) is 0 Å². The van der Waals surface area contributed by atoms with Crippen LogP contribution in [0.15, 0.2) is 18.2 Å². The average Bonchev–Trinajstić information content (AvgIpc) is 2.71. The maximum atomic E-state index is 11.7. The van der Waals surface area contributed by atoms with E-state index in [0.29, 0.717) is 17.8 Å². The molecule has 1 heterocycles. The van der Waals surface area contributed by atoms with Gasteiger partial charge in [0, 0.05) is 17.5 Å². The first-order valence-electron chi connectivity index (χ1n) is 6.61. The summed E-state index contributed by atoms with van der Waals surface area (Å²) in [7, 11) is 0. The van der Waals surface area contributed by atoms with Gasteiger partial charge in [0.05, 0.1) is 4.34 Å². The van der Waals surface area contributed by atoms with Crippen LogP contribution in [0.25, 0.3) is 6.08 Å². The summed E-state index contributed by atoms with van der Waals surface area (Å²) >= 11 is 7.29. The molecule has 0 spiro atoms. The van der Waals surface area contributed by atoms with Gasteiger partial charge in [0.2, 0.25) is 5.91 Å². The van der Waals surface area contributed by atoms with Crippen molar-refractivity contribution in [3.8, 4) is 0 Å². The fourth-order valence-electron chi connectivity index (χ4n) is 2.09. The van der Waals surface area contributed by atoms with Crippen molar-refractivity contribution in [1.82, 2.24) is 5.32 Å². The van der Waals surface area contributed by atoms with Gasteiger partial charge < -0.3 is 5.32 Å². The van der Waals surface area contributed by atoms with Crippen LogP contribution < -0.4 is 5.32 Å². The Morgan fingerprint density at radius 3 is 2.42 bits per heavy atom. The molecule has 0 bridgehead atoms. The molecule has 0 aliphatic heterocycles. The van der Waals surface area contributed by atoms with Crippen LogP contribution in [0.4, 0.5) is 0 Å². The monoisotopic (exact) mass is 299 g/mol. The molecule has 0 fully saturated rings. The SMILES string of the molecule is CC(C)C(CNC(=O)/C=C/c1ccc(Cl)s1)C(C)C. The first-order chi connectivity index (χ1) is 8.90. The van der Waals surface area contributed by atoms with Gasteiger partial charge in [-0.2, -0.15) is 0 Å². The van der Waals surface area contributed by atoms with Crippen LogP contribution in [0.2, 0.25) is 4.34 Å². The van der Waals surface area contributed by atoms with Crippen LogP contribution in [-0.2, 0) is 4.79 Å². The first-order valence-corrected chi connectivity index (χ1v) is 7.81. The van der Waals surface area contributed by atoms with E-state index in [-0.39, 0.29) is 5.91 Å². The van der Waals surface area contributed by atoms with Crippen LogP contribution in [0.1, 0.15) is 32.6 Å². The largest absolute Gasteiger partial charge is 0.352 e. The maximum Gasteiger partial charge on any atom is 0.244 e. The molecule has 0 saturated carbocycles. The fourth-order valence-corrected chi connectivity index (χ4v) is 3.06. The van der Waals surface area contributed by atoms with E-state index in [9.17, 15) is 4.79 Å². The molecule has 0 aliphatic rings. The second-order valence-corrected chi connectivity index (χ2v) is 7.12. The van der Waals surface area contributed by atoms with E-state index in [1.807, 2.05) is 12.1 Å². The molecule has 0 aliphatic carbocycles. The van der Waals surface area contributed by atoms with Crippen molar-refractivity contribution < 1.29 is 4.79 Å². The van der Waals surface area contributed by atoms with E-state index < -0.39 is 0 Å². The smallest absolute Gasteiger partial charge is 0.244 e. The standard InChI is InChI=1S/C15H22ClNOS/c1-10(2)13(11(3)4)9-17-15(18)8-6-12-5-7-14(16)19-12/h5-8,10-11,13H,9H2,1-4H3,(H,17,18)/b8-6+. The second-order valence-electron chi connectivity index (χ2n) is 5.37. The minimum atomic E-state index is -0.0455. The van der Waals surface area contributed by atoms with E-state index in [4.69, 9.17) is 11.6 Å². The van der Waals surface area contributed by atoms with Crippen molar-refractivity contribution >= 4 is 34.9 Å². The minimum absolute atomic E-state index is 0.0455. The summed E-state index contributed by atoms with van der Waals surface area (Å²) in [5.74, 6) is 1.60. The first kappa shape index (κ1) is 16.3. The van der Waals surface area contributed by atoms with Crippen LogP contribution in [0.5, 0.6) is 0 Å². The highest BCUT2D eigenvalue weighted by Gasteiger charge is 2.17. The summed E-state index contributed by atoms with van der Waals surface area (Å²) < 4.78 is 0.736. The van der Waals surface area contributed by atoms with Crippen LogP contribution in [0, 0.1) is 17.8 Å². The van der Waals surface area contributed by atoms with Crippen molar-refractivity contribution in [2.75, 3.05) is 6.54 Å². The van der Waals surface area contributed by atoms with Crippen molar-refractivity contribution in [2.45, 2.75) is 27.7 Å². The van der Waals surface area contributed by atoms with Crippen LogP contribution >= 0.6 is 22.9 Å². The molecule has 106 valence electrons. The Balaban J connectivity index is 2.45. The van der Waals surface area contributed by atoms with Crippen molar-refractivity contribution in [1.29, 1.82) is 0 Å². The van der Waals surface area contributed by atoms with Crippen molar-refractivity contribution in [3.05, 3.63) is 27.4 Å². The number of amides is 1. The van der Waals surface area contributed by atoms with Crippen molar-refractivity contribution in [2.24, 2.45) is 17.8 Å². The predicted molar refractivity (Wildman–Crippen MR) is 84.5 cm³/mol. The van der Waals surface area contributed by atoms with E-state index in [0.717, 1.165) is 15.8 Å². The molecule has 4 heteroatoms. The molecule has 0 unspecified atom stereocenters. The molecule has 19 heavy (non-hydrogen) atoms. The molecule has 2 nitrogen and oxygen atoms in total. The number of hydrogen-bond donors (Lipinski definition) is 1. The van der Waals surface area contributed by atoms with Gasteiger partial charge in [0.15, 0.2) is 0 Å². The second kappa shape index (κ2) is 7.71. The normalized spacial score (nSPS) is 12.0. The predicted octanol–water partition coefficient (Wildman–Crippen LogP) is 4.46. The van der Waals surface area contributed by atoms with Gasteiger partial charge >= 0.3 is 0 Å². The Morgan fingerprint density at radius 2 is 1.95 bits per heavy atom. The Labute approximate surface area is 124 Å². The summed E-state index contributed by atoms with van der Waals surface area (Å²) in [6, 6.07) is 3.74. The molecule has 1 N–H and O–H groups in total. The Kier molecular flexibility index (Phi) is 6.59. The summed E-state index contributed by atoms with van der Waals surface area (Å²) in [4.78, 5) is 12.7. The Bertz CT molecular complexity index is 429. The molecule has 1 aromatic heterocycles. The number of carbonyl (C=O) groups excluding carboxylic acids is 1. The third-order valence-electron chi connectivity index (χ3n) is 3.22. The number of halogens is 1. The van der Waals surface area contributed by atoms with Crippen molar-refractivity contribution in [3.63, 3.8) is 0 Å². The molecule has 1 amide bonds. The zero-order chi connectivity index (χ0) is 14.4. The number of carbonyl (C=O) groups is 1. The quantitative estimate of drug-likeness (QED) is 0.772. The zero-order valence-electron chi connectivity index (χ0n) is 11.9. The molecule has 1 aromatic rings. The van der Waals surface area contributed by atoms with Gasteiger partial charge in [-0.15, -0.1) is 11.3 Å². The topological polar surface area (TPSA) is 29.1 Å². The van der Waals surface area contributed by atoms with Crippen LogP contribution in [-0.4, -0.2) is 12.5 Å². The van der Waals surface area contributed by atoms with Gasteiger partial charge in [0.1, 0.15) is 0 Å². The molecule has 0 aromatic carbocycles. The summed E-state index contributed by atoms with van der Waals surface area (Å²) in [5, 5.41) is 2.97. The molecule has 0 atom stereocenters. The lowest BCUT2D eigenvalue weighted by Crippen LogP contribution is -2.32. The molecular formula is C15H22ClNOS. The lowest BCUT2D eigenvalue weighted by Gasteiger charge is -2.24. The summed E-state index contributed by atoms with van der Waals surface area (Å²) in [6.07, 6.45) is 3.37. The van der Waals surface area contributed by atoms with E-state index >= 15 is 0 Å². The highest BCUT2D eigenvalue weighted by molar-refractivity contribution is 7.17. The van der Waals surface area contributed by atoms with Gasteiger partial charge in [-0.1, -0.05) is 39.3 Å². The highest BCUT2D eigenvalue weighted by Crippen LogP contribution is 2.22. The minimum Gasteiger partial charge on any atom is -0.352 e. The Hall–Kier alpha value is -0.800. The van der Waals surface area contributed by atoms with Gasteiger partial charge in [-0.3, -0.25) is 4.79 Å². The summed E-state index contributed by atoms with van der Waals surface area (Å²) in [5.41, 5.74) is 0. The number of thiophene rings is 1. The van der Waals surface area contributed by atoms with Gasteiger partial charge in [0.25, 0.3) is 0 Å². The lowest BCUT2D eigenvalue weighted by atomic mass is 9.85. The van der Waals surface area contributed by atoms with E-state index in [1.54, 1.807) is 12.2 Å². The lowest BCUT2D eigenvalue weighted by molar-refractivity contribution is -0.116. The number of nitrogens with one attached hydrogen (secondary N) is 1.